The SMILES string of the molecule is C[C@H]1CN(C(=O)c2ccc3nccn3c2)Cc2nnc(C3CCOCC3)n21. The van der Waals surface area contributed by atoms with Crippen molar-refractivity contribution in [2.45, 2.75) is 38.3 Å². The van der Waals surface area contributed by atoms with Gasteiger partial charge in [0, 0.05) is 44.3 Å². The molecule has 27 heavy (non-hydrogen) atoms. The Balaban J connectivity index is 1.41. The monoisotopic (exact) mass is 366 g/mol. The summed E-state index contributed by atoms with van der Waals surface area (Å²) in [6.45, 7) is 4.84. The quantitative estimate of drug-likeness (QED) is 0.694. The molecule has 140 valence electrons. The van der Waals surface area contributed by atoms with Crippen LogP contribution in [0.2, 0.25) is 0 Å². The van der Waals surface area contributed by atoms with E-state index in [4.69, 9.17) is 4.74 Å². The van der Waals surface area contributed by atoms with Gasteiger partial charge < -0.3 is 18.6 Å². The Bertz CT molecular complexity index is 987. The average molecular weight is 366 g/mol. The number of hydrogen-bond acceptors (Lipinski definition) is 5. The minimum absolute atomic E-state index is 0.0133. The lowest BCUT2D eigenvalue weighted by Gasteiger charge is -2.34. The molecule has 8 nitrogen and oxygen atoms in total. The van der Waals surface area contributed by atoms with Gasteiger partial charge in [0.2, 0.25) is 0 Å². The number of rotatable bonds is 2. The third-order valence-electron chi connectivity index (χ3n) is 5.56. The van der Waals surface area contributed by atoms with Crippen molar-refractivity contribution in [3.63, 3.8) is 0 Å². The van der Waals surface area contributed by atoms with E-state index < -0.39 is 0 Å². The Morgan fingerprint density at radius 3 is 2.93 bits per heavy atom. The van der Waals surface area contributed by atoms with Crippen LogP contribution in [-0.4, -0.2) is 54.7 Å². The zero-order chi connectivity index (χ0) is 18.4. The number of imidazole rings is 1. The molecule has 5 heterocycles. The van der Waals surface area contributed by atoms with Crippen molar-refractivity contribution in [2.75, 3.05) is 19.8 Å². The number of amides is 1. The maximum atomic E-state index is 13.0. The first-order valence-corrected chi connectivity index (χ1v) is 9.44. The highest BCUT2D eigenvalue weighted by molar-refractivity contribution is 5.94. The molecule has 0 N–H and O–H groups in total. The van der Waals surface area contributed by atoms with E-state index in [1.54, 1.807) is 6.20 Å². The standard InChI is InChI=1S/C19H22N6O2/c1-13-10-24(19(26)15-2-3-16-20-6-7-23(16)11-15)12-17-21-22-18(25(13)17)14-4-8-27-9-5-14/h2-3,6-7,11,13-14H,4-5,8-10,12H2,1H3/t13-/m0/s1. The molecule has 3 aromatic rings. The fraction of sp³-hybridized carbons (Fsp3) is 0.474. The molecule has 3 aromatic heterocycles. The van der Waals surface area contributed by atoms with Crippen molar-refractivity contribution < 1.29 is 9.53 Å². The Labute approximate surface area is 156 Å². The average Bonchev–Trinajstić information content (AvgIpc) is 3.34. The van der Waals surface area contributed by atoms with E-state index in [1.165, 1.54) is 0 Å². The first-order valence-electron chi connectivity index (χ1n) is 9.44. The highest BCUT2D eigenvalue weighted by Crippen LogP contribution is 2.31. The van der Waals surface area contributed by atoms with E-state index in [-0.39, 0.29) is 11.9 Å². The summed E-state index contributed by atoms with van der Waals surface area (Å²) in [4.78, 5) is 19.1. The second-order valence-electron chi connectivity index (χ2n) is 7.38. The lowest BCUT2D eigenvalue weighted by atomic mass is 9.98. The molecular formula is C19H22N6O2. The van der Waals surface area contributed by atoms with Gasteiger partial charge in [0.1, 0.15) is 11.5 Å². The summed E-state index contributed by atoms with van der Waals surface area (Å²) in [6, 6.07) is 3.86. The summed E-state index contributed by atoms with van der Waals surface area (Å²) in [5.41, 5.74) is 1.49. The van der Waals surface area contributed by atoms with Gasteiger partial charge in [-0.05, 0) is 31.9 Å². The molecule has 0 aliphatic carbocycles. The van der Waals surface area contributed by atoms with Gasteiger partial charge in [-0.1, -0.05) is 0 Å². The number of hydrogen-bond donors (Lipinski definition) is 0. The highest BCUT2D eigenvalue weighted by atomic mass is 16.5. The van der Waals surface area contributed by atoms with Crippen LogP contribution in [-0.2, 0) is 11.3 Å². The van der Waals surface area contributed by atoms with Gasteiger partial charge in [0.05, 0.1) is 18.2 Å². The molecule has 0 bridgehead atoms. The third kappa shape index (κ3) is 2.80. The van der Waals surface area contributed by atoms with Crippen LogP contribution < -0.4 is 0 Å². The first-order chi connectivity index (χ1) is 13.2. The molecule has 1 fully saturated rings. The largest absolute Gasteiger partial charge is 0.381 e. The van der Waals surface area contributed by atoms with Crippen LogP contribution in [0, 0.1) is 0 Å². The molecule has 1 amide bonds. The van der Waals surface area contributed by atoms with Gasteiger partial charge in [0.15, 0.2) is 5.82 Å². The van der Waals surface area contributed by atoms with Crippen molar-refractivity contribution in [3.05, 3.63) is 47.9 Å². The maximum Gasteiger partial charge on any atom is 0.255 e. The third-order valence-corrected chi connectivity index (χ3v) is 5.56. The molecule has 2 aliphatic heterocycles. The fourth-order valence-corrected chi connectivity index (χ4v) is 4.18. The lowest BCUT2D eigenvalue weighted by molar-refractivity contribution is 0.0668. The number of aromatic nitrogens is 5. The van der Waals surface area contributed by atoms with Gasteiger partial charge in [-0.2, -0.15) is 0 Å². The molecule has 8 heteroatoms. The lowest BCUT2D eigenvalue weighted by Crippen LogP contribution is -2.41. The van der Waals surface area contributed by atoms with E-state index in [9.17, 15) is 4.79 Å². The molecule has 0 unspecified atom stereocenters. The van der Waals surface area contributed by atoms with E-state index in [0.717, 1.165) is 43.4 Å². The zero-order valence-corrected chi connectivity index (χ0v) is 15.3. The predicted molar refractivity (Wildman–Crippen MR) is 97.5 cm³/mol. The number of fused-ring (bicyclic) bond motifs is 2. The van der Waals surface area contributed by atoms with Crippen LogP contribution in [0.15, 0.2) is 30.7 Å². The summed E-state index contributed by atoms with van der Waals surface area (Å²) in [7, 11) is 0. The Hall–Kier alpha value is -2.74. The van der Waals surface area contributed by atoms with Crippen LogP contribution in [0.1, 0.15) is 53.7 Å². The van der Waals surface area contributed by atoms with E-state index in [0.29, 0.717) is 24.6 Å². The smallest absolute Gasteiger partial charge is 0.255 e. The minimum Gasteiger partial charge on any atom is -0.381 e. The summed E-state index contributed by atoms with van der Waals surface area (Å²) in [5.74, 6) is 2.33. The number of nitrogens with zero attached hydrogens (tertiary/aromatic N) is 6. The normalized spacial score (nSPS) is 20.8. The van der Waals surface area contributed by atoms with Gasteiger partial charge in [-0.3, -0.25) is 4.79 Å². The Morgan fingerprint density at radius 1 is 1.22 bits per heavy atom. The maximum absolute atomic E-state index is 13.0. The molecule has 0 saturated carbocycles. The predicted octanol–water partition coefficient (Wildman–Crippen LogP) is 2.04. The Morgan fingerprint density at radius 2 is 2.07 bits per heavy atom. The summed E-state index contributed by atoms with van der Waals surface area (Å²) in [6.07, 6.45) is 7.38. The fourth-order valence-electron chi connectivity index (χ4n) is 4.18. The van der Waals surface area contributed by atoms with Gasteiger partial charge in [-0.15, -0.1) is 10.2 Å². The molecule has 5 rings (SSSR count). The van der Waals surface area contributed by atoms with Crippen LogP contribution in [0.3, 0.4) is 0 Å². The molecule has 0 aromatic carbocycles. The summed E-state index contributed by atoms with van der Waals surface area (Å²) in [5, 5.41) is 8.89. The molecule has 1 saturated heterocycles. The molecule has 0 radical (unpaired) electrons. The topological polar surface area (TPSA) is 77.6 Å². The Kier molecular flexibility index (Phi) is 3.93. The number of carbonyl (C=O) groups is 1. The van der Waals surface area contributed by atoms with Crippen molar-refractivity contribution >= 4 is 11.6 Å². The molecular weight excluding hydrogens is 344 g/mol. The number of pyridine rings is 1. The second-order valence-corrected chi connectivity index (χ2v) is 7.38. The highest BCUT2D eigenvalue weighted by Gasteiger charge is 2.32. The van der Waals surface area contributed by atoms with Crippen LogP contribution >= 0.6 is 0 Å². The van der Waals surface area contributed by atoms with Crippen molar-refractivity contribution in [2.24, 2.45) is 0 Å². The van der Waals surface area contributed by atoms with Crippen molar-refractivity contribution in [1.82, 2.24) is 29.0 Å². The van der Waals surface area contributed by atoms with Gasteiger partial charge in [-0.25, -0.2) is 4.98 Å². The number of carbonyl (C=O) groups excluding carboxylic acids is 1. The molecule has 2 aliphatic rings. The molecule has 1 atom stereocenters. The summed E-state index contributed by atoms with van der Waals surface area (Å²) >= 11 is 0. The second kappa shape index (κ2) is 6.45. The molecule has 0 spiro atoms. The van der Waals surface area contributed by atoms with Crippen molar-refractivity contribution in [1.29, 1.82) is 0 Å². The van der Waals surface area contributed by atoms with E-state index >= 15 is 0 Å². The van der Waals surface area contributed by atoms with E-state index in [2.05, 4.69) is 26.7 Å². The van der Waals surface area contributed by atoms with Crippen LogP contribution in [0.5, 0.6) is 0 Å². The van der Waals surface area contributed by atoms with Crippen molar-refractivity contribution in [3.8, 4) is 0 Å². The van der Waals surface area contributed by atoms with Gasteiger partial charge >= 0.3 is 0 Å². The first kappa shape index (κ1) is 16.4. The van der Waals surface area contributed by atoms with E-state index in [1.807, 2.05) is 33.8 Å². The van der Waals surface area contributed by atoms with Crippen LogP contribution in [0.25, 0.3) is 5.65 Å². The zero-order valence-electron chi connectivity index (χ0n) is 15.3. The number of ether oxygens (including phenoxy) is 1. The van der Waals surface area contributed by atoms with Gasteiger partial charge in [0.25, 0.3) is 5.91 Å². The minimum atomic E-state index is 0.0133. The van der Waals surface area contributed by atoms with Crippen LogP contribution in [0.4, 0.5) is 0 Å². The summed E-state index contributed by atoms with van der Waals surface area (Å²) < 4.78 is 9.58.